The van der Waals surface area contributed by atoms with Gasteiger partial charge in [0, 0.05) is 11.9 Å². The SMILES string of the molecule is CC(=O)Nc1nc2n(n1)[C@@H](c1ccc(F)cc1)C[C@@H](c1ccc(Cl)cc1)N2. The van der Waals surface area contributed by atoms with Crippen LogP contribution in [0.15, 0.2) is 48.5 Å². The number of nitrogens with zero attached hydrogens (tertiary/aromatic N) is 3. The molecule has 3 aromatic rings. The Kier molecular flexibility index (Phi) is 4.53. The molecular weight excluding hydrogens is 369 g/mol. The second-order valence-electron chi connectivity index (χ2n) is 6.44. The number of hydrogen-bond acceptors (Lipinski definition) is 4. The van der Waals surface area contributed by atoms with Gasteiger partial charge in [0.15, 0.2) is 0 Å². The molecule has 0 bridgehead atoms. The number of hydrogen-bond donors (Lipinski definition) is 2. The monoisotopic (exact) mass is 385 g/mol. The van der Waals surface area contributed by atoms with E-state index in [1.54, 1.807) is 16.8 Å². The Morgan fingerprint density at radius 1 is 1.19 bits per heavy atom. The van der Waals surface area contributed by atoms with E-state index < -0.39 is 0 Å². The third-order valence-electron chi connectivity index (χ3n) is 4.50. The molecule has 0 fully saturated rings. The zero-order chi connectivity index (χ0) is 19.0. The molecule has 1 amide bonds. The fourth-order valence-electron chi connectivity index (χ4n) is 3.26. The second-order valence-corrected chi connectivity index (χ2v) is 6.87. The summed E-state index contributed by atoms with van der Waals surface area (Å²) in [4.78, 5) is 15.7. The van der Waals surface area contributed by atoms with Gasteiger partial charge in [0.1, 0.15) is 5.82 Å². The number of benzene rings is 2. The predicted octanol–water partition coefficient (Wildman–Crippen LogP) is 4.18. The van der Waals surface area contributed by atoms with Gasteiger partial charge in [-0.25, -0.2) is 9.07 Å². The van der Waals surface area contributed by atoms with Crippen molar-refractivity contribution in [3.05, 3.63) is 70.5 Å². The number of fused-ring (bicyclic) bond motifs is 1. The molecule has 1 aromatic heterocycles. The van der Waals surface area contributed by atoms with E-state index in [1.165, 1.54) is 19.1 Å². The Hall–Kier alpha value is -2.93. The topological polar surface area (TPSA) is 71.8 Å². The molecule has 0 spiro atoms. The van der Waals surface area contributed by atoms with E-state index in [-0.39, 0.29) is 29.8 Å². The molecule has 138 valence electrons. The number of carbonyl (C=O) groups is 1. The molecule has 27 heavy (non-hydrogen) atoms. The minimum atomic E-state index is -0.292. The van der Waals surface area contributed by atoms with Crippen molar-refractivity contribution < 1.29 is 9.18 Å². The summed E-state index contributed by atoms with van der Waals surface area (Å²) in [6.45, 7) is 1.40. The Bertz CT molecular complexity index is 971. The van der Waals surface area contributed by atoms with Crippen LogP contribution in [0.1, 0.15) is 36.6 Å². The molecule has 1 aliphatic heterocycles. The summed E-state index contributed by atoms with van der Waals surface area (Å²) in [5.41, 5.74) is 1.97. The molecule has 0 saturated carbocycles. The average Bonchev–Trinajstić information content (AvgIpc) is 3.03. The third-order valence-corrected chi connectivity index (χ3v) is 4.76. The van der Waals surface area contributed by atoms with Gasteiger partial charge in [0.05, 0.1) is 12.1 Å². The second kappa shape index (κ2) is 7.00. The summed E-state index contributed by atoms with van der Waals surface area (Å²) in [5.74, 6) is 0.235. The molecule has 4 rings (SSSR count). The molecule has 1 aliphatic rings. The summed E-state index contributed by atoms with van der Waals surface area (Å²) >= 11 is 6.00. The number of aromatic nitrogens is 3. The zero-order valence-corrected chi connectivity index (χ0v) is 15.2. The maximum Gasteiger partial charge on any atom is 0.250 e. The fourth-order valence-corrected chi connectivity index (χ4v) is 3.39. The number of carbonyl (C=O) groups excluding carboxylic acids is 1. The quantitative estimate of drug-likeness (QED) is 0.709. The van der Waals surface area contributed by atoms with Crippen molar-refractivity contribution in [3.63, 3.8) is 0 Å². The highest BCUT2D eigenvalue weighted by atomic mass is 35.5. The standard InChI is InChI=1S/C19H17ClFN5O/c1-11(27)22-18-24-19-23-16(12-2-6-14(20)7-3-12)10-17(26(19)25-18)13-4-8-15(21)9-5-13/h2-9,16-17H,10H2,1H3,(H2,22,23,24,25,27)/t16-,17+/m0/s1. The van der Waals surface area contributed by atoms with Gasteiger partial charge in [-0.05, 0) is 41.8 Å². The van der Waals surface area contributed by atoms with Crippen LogP contribution in [0.2, 0.25) is 5.02 Å². The Morgan fingerprint density at radius 3 is 2.52 bits per heavy atom. The lowest BCUT2D eigenvalue weighted by atomic mass is 9.93. The smallest absolute Gasteiger partial charge is 0.250 e. The van der Waals surface area contributed by atoms with Crippen molar-refractivity contribution in [2.24, 2.45) is 0 Å². The number of nitrogens with one attached hydrogen (secondary N) is 2. The summed E-state index contributed by atoms with van der Waals surface area (Å²) in [6.07, 6.45) is 0.684. The van der Waals surface area contributed by atoms with Crippen LogP contribution in [0.4, 0.5) is 16.3 Å². The largest absolute Gasteiger partial charge is 0.347 e. The number of halogens is 2. The van der Waals surface area contributed by atoms with Crippen LogP contribution in [-0.4, -0.2) is 20.7 Å². The molecule has 0 radical (unpaired) electrons. The Labute approximate surface area is 160 Å². The highest BCUT2D eigenvalue weighted by molar-refractivity contribution is 6.30. The minimum absolute atomic E-state index is 0.0285. The Morgan fingerprint density at radius 2 is 1.85 bits per heavy atom. The van der Waals surface area contributed by atoms with Gasteiger partial charge in [0.2, 0.25) is 11.9 Å². The minimum Gasteiger partial charge on any atom is -0.347 e. The summed E-state index contributed by atoms with van der Waals surface area (Å²) in [5, 5.41) is 11.0. The van der Waals surface area contributed by atoms with Crippen molar-refractivity contribution in [1.82, 2.24) is 14.8 Å². The van der Waals surface area contributed by atoms with Crippen molar-refractivity contribution >= 4 is 29.4 Å². The van der Waals surface area contributed by atoms with Crippen molar-refractivity contribution in [1.29, 1.82) is 0 Å². The molecule has 0 saturated heterocycles. The first kappa shape index (κ1) is 17.5. The highest BCUT2D eigenvalue weighted by Gasteiger charge is 2.31. The van der Waals surface area contributed by atoms with E-state index in [0.29, 0.717) is 17.4 Å². The molecule has 6 nitrogen and oxygen atoms in total. The normalized spacial score (nSPS) is 18.5. The van der Waals surface area contributed by atoms with Gasteiger partial charge in [-0.15, -0.1) is 5.10 Å². The third kappa shape index (κ3) is 3.64. The first-order chi connectivity index (χ1) is 13.0. The molecule has 0 aliphatic carbocycles. The van der Waals surface area contributed by atoms with Gasteiger partial charge in [-0.1, -0.05) is 35.9 Å². The van der Waals surface area contributed by atoms with E-state index in [0.717, 1.165) is 11.1 Å². The average molecular weight is 386 g/mol. The lowest BCUT2D eigenvalue weighted by Crippen LogP contribution is -2.28. The van der Waals surface area contributed by atoms with Crippen LogP contribution in [0.5, 0.6) is 0 Å². The van der Waals surface area contributed by atoms with Gasteiger partial charge < -0.3 is 5.32 Å². The molecule has 8 heteroatoms. The predicted molar refractivity (Wildman–Crippen MR) is 101 cm³/mol. The summed E-state index contributed by atoms with van der Waals surface area (Å²) in [7, 11) is 0. The number of amides is 1. The van der Waals surface area contributed by atoms with Crippen LogP contribution in [0.3, 0.4) is 0 Å². The maximum atomic E-state index is 13.4. The van der Waals surface area contributed by atoms with Crippen molar-refractivity contribution in [2.45, 2.75) is 25.4 Å². The first-order valence-electron chi connectivity index (χ1n) is 8.51. The molecule has 2 heterocycles. The van der Waals surface area contributed by atoms with Crippen molar-refractivity contribution in [2.75, 3.05) is 10.6 Å². The van der Waals surface area contributed by atoms with E-state index in [2.05, 4.69) is 20.7 Å². The van der Waals surface area contributed by atoms with Crippen LogP contribution >= 0.6 is 11.6 Å². The molecule has 0 unspecified atom stereocenters. The lowest BCUT2D eigenvalue weighted by Gasteiger charge is -2.31. The van der Waals surface area contributed by atoms with Gasteiger partial charge >= 0.3 is 0 Å². The fraction of sp³-hybridized carbons (Fsp3) is 0.211. The van der Waals surface area contributed by atoms with E-state index in [4.69, 9.17) is 11.6 Å². The van der Waals surface area contributed by atoms with Gasteiger partial charge in [0.25, 0.3) is 5.95 Å². The van der Waals surface area contributed by atoms with E-state index >= 15 is 0 Å². The van der Waals surface area contributed by atoms with Crippen LogP contribution in [0.25, 0.3) is 0 Å². The first-order valence-corrected chi connectivity index (χ1v) is 8.89. The van der Waals surface area contributed by atoms with Crippen LogP contribution in [0, 0.1) is 5.82 Å². The number of anilines is 2. The summed E-state index contributed by atoms with van der Waals surface area (Å²) in [6, 6.07) is 13.8. The Balaban J connectivity index is 1.74. The molecule has 2 N–H and O–H groups in total. The van der Waals surface area contributed by atoms with Crippen LogP contribution < -0.4 is 10.6 Å². The van der Waals surface area contributed by atoms with Gasteiger partial charge in [-0.3, -0.25) is 10.1 Å². The summed E-state index contributed by atoms with van der Waals surface area (Å²) < 4.78 is 15.1. The lowest BCUT2D eigenvalue weighted by molar-refractivity contribution is -0.114. The van der Waals surface area contributed by atoms with Crippen LogP contribution in [-0.2, 0) is 4.79 Å². The highest BCUT2D eigenvalue weighted by Crippen LogP contribution is 2.38. The molecule has 2 atom stereocenters. The maximum absolute atomic E-state index is 13.4. The zero-order valence-electron chi connectivity index (χ0n) is 14.5. The number of rotatable bonds is 3. The molecule has 2 aromatic carbocycles. The van der Waals surface area contributed by atoms with Gasteiger partial charge in [-0.2, -0.15) is 4.98 Å². The van der Waals surface area contributed by atoms with E-state index in [1.807, 2.05) is 24.3 Å². The molecular formula is C19H17ClFN5O. The van der Waals surface area contributed by atoms with Crippen molar-refractivity contribution in [3.8, 4) is 0 Å². The van der Waals surface area contributed by atoms with E-state index in [9.17, 15) is 9.18 Å².